The van der Waals surface area contributed by atoms with Crippen molar-refractivity contribution in [2.45, 2.75) is 0 Å². The van der Waals surface area contributed by atoms with Crippen LogP contribution >= 0.6 is 0 Å². The van der Waals surface area contributed by atoms with Gasteiger partial charge in [0.1, 0.15) is 11.4 Å². The molecule has 1 fully saturated rings. The minimum Gasteiger partial charge on any atom is -0.273 e. The molecule has 0 radical (unpaired) electrons. The van der Waals surface area contributed by atoms with E-state index in [2.05, 4.69) is 5.32 Å². The molecule has 1 aliphatic rings. The Morgan fingerprint density at radius 2 is 1.57 bits per heavy atom. The molecule has 1 heterocycles. The molecule has 4 amide bonds. The second kappa shape index (κ2) is 5.84. The monoisotopic (exact) mass is 310 g/mol. The average molecular weight is 310 g/mol. The zero-order chi connectivity index (χ0) is 16.4. The van der Waals surface area contributed by atoms with Gasteiger partial charge in [-0.05, 0) is 35.9 Å². The van der Waals surface area contributed by atoms with E-state index in [1.54, 1.807) is 30.3 Å². The lowest BCUT2D eigenvalue weighted by Crippen LogP contribution is -2.54. The number of amides is 4. The Labute approximate surface area is 131 Å². The average Bonchev–Trinajstić information content (AvgIpc) is 2.54. The third kappa shape index (κ3) is 2.87. The normalized spacial score (nSPS) is 16.7. The highest BCUT2D eigenvalue weighted by molar-refractivity contribution is 6.39. The molecule has 5 nitrogen and oxygen atoms in total. The number of nitrogens with zero attached hydrogens (tertiary/aromatic N) is 1. The number of carbonyl (C=O) groups is 3. The summed E-state index contributed by atoms with van der Waals surface area (Å²) in [5.41, 5.74) is 0.639. The van der Waals surface area contributed by atoms with Gasteiger partial charge in [-0.3, -0.25) is 14.9 Å². The van der Waals surface area contributed by atoms with Gasteiger partial charge in [-0.1, -0.05) is 30.3 Å². The van der Waals surface area contributed by atoms with Crippen LogP contribution in [0.4, 0.5) is 14.9 Å². The topological polar surface area (TPSA) is 66.5 Å². The second-order valence-electron chi connectivity index (χ2n) is 4.84. The van der Waals surface area contributed by atoms with E-state index in [4.69, 9.17) is 0 Å². The lowest BCUT2D eigenvalue weighted by atomic mass is 10.1. The summed E-state index contributed by atoms with van der Waals surface area (Å²) in [5.74, 6) is -1.93. The standard InChI is InChI=1S/C17H11FN2O3/c18-12-8-6-11(7-9-12)10-14-15(21)19-17(23)20(16(14)22)13-4-2-1-3-5-13/h1-10H,(H,19,21,23)/b14-10+. The maximum Gasteiger partial charge on any atom is 0.335 e. The molecule has 0 unspecified atom stereocenters. The van der Waals surface area contributed by atoms with Gasteiger partial charge in [-0.15, -0.1) is 0 Å². The van der Waals surface area contributed by atoms with Crippen LogP contribution in [-0.4, -0.2) is 17.8 Å². The zero-order valence-electron chi connectivity index (χ0n) is 11.8. The summed E-state index contributed by atoms with van der Waals surface area (Å²) in [5, 5.41) is 2.12. The highest BCUT2D eigenvalue weighted by atomic mass is 19.1. The summed E-state index contributed by atoms with van der Waals surface area (Å²) in [6, 6.07) is 12.8. The number of imide groups is 2. The molecule has 6 heteroatoms. The molecule has 3 rings (SSSR count). The van der Waals surface area contributed by atoms with Gasteiger partial charge in [0, 0.05) is 0 Å². The molecular formula is C17H11FN2O3. The van der Waals surface area contributed by atoms with Gasteiger partial charge in [0.05, 0.1) is 5.69 Å². The smallest absolute Gasteiger partial charge is 0.273 e. The number of halogens is 1. The molecule has 1 saturated heterocycles. The van der Waals surface area contributed by atoms with Crippen molar-refractivity contribution >= 4 is 29.6 Å². The molecule has 0 bridgehead atoms. The molecule has 2 aromatic rings. The molecular weight excluding hydrogens is 299 g/mol. The predicted molar refractivity (Wildman–Crippen MR) is 81.8 cm³/mol. The minimum atomic E-state index is -0.803. The fourth-order valence-corrected chi connectivity index (χ4v) is 2.19. The van der Waals surface area contributed by atoms with E-state index in [0.717, 1.165) is 4.90 Å². The SMILES string of the molecule is O=C1NC(=O)N(c2ccccc2)C(=O)/C1=C/c1ccc(F)cc1. The van der Waals surface area contributed by atoms with Crippen molar-refractivity contribution in [3.63, 3.8) is 0 Å². The molecule has 0 atom stereocenters. The van der Waals surface area contributed by atoms with Crippen LogP contribution in [0.15, 0.2) is 60.2 Å². The van der Waals surface area contributed by atoms with Crippen LogP contribution in [0.25, 0.3) is 6.08 Å². The number of anilines is 1. The Kier molecular flexibility index (Phi) is 3.72. The Morgan fingerprint density at radius 1 is 0.913 bits per heavy atom. The van der Waals surface area contributed by atoms with E-state index in [0.29, 0.717) is 11.3 Å². The van der Waals surface area contributed by atoms with Gasteiger partial charge in [0.15, 0.2) is 0 Å². The van der Waals surface area contributed by atoms with Gasteiger partial charge >= 0.3 is 6.03 Å². The molecule has 1 aliphatic heterocycles. The Morgan fingerprint density at radius 3 is 2.22 bits per heavy atom. The van der Waals surface area contributed by atoms with Crippen molar-refractivity contribution in [3.8, 4) is 0 Å². The van der Waals surface area contributed by atoms with E-state index in [1.807, 2.05) is 0 Å². The minimum absolute atomic E-state index is 0.194. The van der Waals surface area contributed by atoms with Gasteiger partial charge in [0.25, 0.3) is 11.8 Å². The van der Waals surface area contributed by atoms with Crippen LogP contribution < -0.4 is 10.2 Å². The van der Waals surface area contributed by atoms with Crippen molar-refractivity contribution in [3.05, 3.63) is 71.6 Å². The number of hydrogen-bond acceptors (Lipinski definition) is 3. The summed E-state index contributed by atoms with van der Waals surface area (Å²) in [7, 11) is 0. The first-order chi connectivity index (χ1) is 11.1. The fraction of sp³-hybridized carbons (Fsp3) is 0. The van der Waals surface area contributed by atoms with E-state index < -0.39 is 23.7 Å². The van der Waals surface area contributed by atoms with Crippen molar-refractivity contribution in [2.75, 3.05) is 4.90 Å². The number of barbiturate groups is 1. The van der Waals surface area contributed by atoms with Crippen LogP contribution in [0, 0.1) is 5.82 Å². The largest absolute Gasteiger partial charge is 0.335 e. The molecule has 0 spiro atoms. The van der Waals surface area contributed by atoms with Crippen molar-refractivity contribution in [2.24, 2.45) is 0 Å². The lowest BCUT2D eigenvalue weighted by Gasteiger charge is -2.26. The molecule has 23 heavy (non-hydrogen) atoms. The molecule has 2 aromatic carbocycles. The van der Waals surface area contributed by atoms with E-state index in [-0.39, 0.29) is 5.57 Å². The lowest BCUT2D eigenvalue weighted by molar-refractivity contribution is -0.122. The third-order valence-electron chi connectivity index (χ3n) is 3.30. The maximum absolute atomic E-state index is 12.9. The van der Waals surface area contributed by atoms with Crippen LogP contribution in [0.2, 0.25) is 0 Å². The van der Waals surface area contributed by atoms with Crippen molar-refractivity contribution in [1.82, 2.24) is 5.32 Å². The number of nitrogens with one attached hydrogen (secondary N) is 1. The maximum atomic E-state index is 12.9. The highest BCUT2D eigenvalue weighted by Crippen LogP contribution is 2.21. The van der Waals surface area contributed by atoms with Crippen molar-refractivity contribution < 1.29 is 18.8 Å². The summed E-state index contributed by atoms with van der Waals surface area (Å²) >= 11 is 0. The molecule has 0 saturated carbocycles. The van der Waals surface area contributed by atoms with Gasteiger partial charge < -0.3 is 0 Å². The second-order valence-corrected chi connectivity index (χ2v) is 4.84. The number of carbonyl (C=O) groups excluding carboxylic acids is 3. The zero-order valence-corrected chi connectivity index (χ0v) is 11.8. The first-order valence-corrected chi connectivity index (χ1v) is 6.78. The highest BCUT2D eigenvalue weighted by Gasteiger charge is 2.36. The quantitative estimate of drug-likeness (QED) is 0.684. The van der Waals surface area contributed by atoms with Crippen molar-refractivity contribution in [1.29, 1.82) is 0 Å². The van der Waals surface area contributed by atoms with Crippen LogP contribution in [0.5, 0.6) is 0 Å². The van der Waals surface area contributed by atoms with E-state index >= 15 is 0 Å². The number of urea groups is 1. The van der Waals surface area contributed by atoms with Gasteiger partial charge in [-0.2, -0.15) is 0 Å². The molecule has 0 aromatic heterocycles. The number of hydrogen-bond donors (Lipinski definition) is 1. The van der Waals surface area contributed by atoms with Crippen LogP contribution in [0.1, 0.15) is 5.56 Å². The molecule has 114 valence electrons. The fourth-order valence-electron chi connectivity index (χ4n) is 2.19. The summed E-state index contributed by atoms with van der Waals surface area (Å²) in [4.78, 5) is 37.3. The third-order valence-corrected chi connectivity index (χ3v) is 3.30. The number of benzene rings is 2. The Bertz CT molecular complexity index is 813. The van der Waals surface area contributed by atoms with Crippen LogP contribution in [-0.2, 0) is 9.59 Å². The summed E-state index contributed by atoms with van der Waals surface area (Å²) < 4.78 is 12.9. The molecule has 1 N–H and O–H groups in total. The van der Waals surface area contributed by atoms with E-state index in [1.165, 1.54) is 30.3 Å². The predicted octanol–water partition coefficient (Wildman–Crippen LogP) is 2.49. The van der Waals surface area contributed by atoms with E-state index in [9.17, 15) is 18.8 Å². The summed E-state index contributed by atoms with van der Waals surface area (Å²) in [6.45, 7) is 0. The van der Waals surface area contributed by atoms with Crippen LogP contribution in [0.3, 0.4) is 0 Å². The van der Waals surface area contributed by atoms with Gasteiger partial charge in [-0.25, -0.2) is 14.1 Å². The Balaban J connectivity index is 2.00. The van der Waals surface area contributed by atoms with Gasteiger partial charge in [0.2, 0.25) is 0 Å². The first-order valence-electron chi connectivity index (χ1n) is 6.78. The number of rotatable bonds is 2. The summed E-state index contributed by atoms with van der Waals surface area (Å²) in [6.07, 6.45) is 1.32. The Hall–Kier alpha value is -3.28. The molecule has 0 aliphatic carbocycles. The first kappa shape index (κ1) is 14.6. The number of para-hydroxylation sites is 1.